The molecule has 0 spiro atoms. The maximum absolute atomic E-state index is 5.27. The summed E-state index contributed by atoms with van der Waals surface area (Å²) in [4.78, 5) is 4.32. The Balaban J connectivity index is 2.10. The van der Waals surface area contributed by atoms with Gasteiger partial charge in [0.05, 0.1) is 14.2 Å². The number of ether oxygens (including phenoxy) is 2. The van der Waals surface area contributed by atoms with E-state index in [9.17, 15) is 0 Å². The van der Waals surface area contributed by atoms with E-state index in [1.807, 2.05) is 18.2 Å². The van der Waals surface area contributed by atoms with Gasteiger partial charge in [-0.3, -0.25) is 0 Å². The zero-order valence-corrected chi connectivity index (χ0v) is 12.8. The lowest BCUT2D eigenvalue weighted by atomic mass is 10.1. The molecule has 0 aliphatic heterocycles. The summed E-state index contributed by atoms with van der Waals surface area (Å²) in [7, 11) is 3.19. The number of rotatable bonds is 7. The van der Waals surface area contributed by atoms with E-state index >= 15 is 0 Å². The van der Waals surface area contributed by atoms with Crippen molar-refractivity contribution in [3.8, 4) is 22.9 Å². The van der Waals surface area contributed by atoms with Gasteiger partial charge in [0.25, 0.3) is 0 Å². The molecule has 1 aromatic carbocycles. The van der Waals surface area contributed by atoms with Gasteiger partial charge in [-0.25, -0.2) is 0 Å². The lowest BCUT2D eigenvalue weighted by Crippen LogP contribution is -2.04. The second-order valence-corrected chi connectivity index (χ2v) is 5.10. The highest BCUT2D eigenvalue weighted by atomic mass is 16.5. The van der Waals surface area contributed by atoms with Gasteiger partial charge in [-0.15, -0.1) is 0 Å². The lowest BCUT2D eigenvalue weighted by molar-refractivity contribution is 0.355. The van der Waals surface area contributed by atoms with Crippen LogP contribution in [0.3, 0.4) is 0 Å². The van der Waals surface area contributed by atoms with Crippen LogP contribution in [0.25, 0.3) is 11.4 Å². The van der Waals surface area contributed by atoms with E-state index in [2.05, 4.69) is 29.3 Å². The van der Waals surface area contributed by atoms with Crippen LogP contribution in [0.2, 0.25) is 0 Å². The molecule has 0 bridgehead atoms. The first-order chi connectivity index (χ1) is 10.1. The zero-order chi connectivity index (χ0) is 15.2. The molecule has 6 nitrogen and oxygen atoms in total. The Morgan fingerprint density at radius 1 is 1.19 bits per heavy atom. The van der Waals surface area contributed by atoms with Crippen LogP contribution in [0, 0.1) is 5.92 Å². The van der Waals surface area contributed by atoms with Gasteiger partial charge in [0.15, 0.2) is 11.5 Å². The second kappa shape index (κ2) is 6.97. The molecule has 1 N–H and O–H groups in total. The third kappa shape index (κ3) is 3.87. The lowest BCUT2D eigenvalue weighted by Gasteiger charge is -2.07. The maximum Gasteiger partial charge on any atom is 0.321 e. The van der Waals surface area contributed by atoms with Crippen molar-refractivity contribution < 1.29 is 14.0 Å². The Bertz CT molecular complexity index is 581. The SMILES string of the molecule is COc1ccc(-c2noc(NCCC(C)C)n2)cc1OC. The number of hydrogen-bond donors (Lipinski definition) is 1. The number of nitrogens with one attached hydrogen (secondary N) is 1. The fourth-order valence-corrected chi connectivity index (χ4v) is 1.86. The molecule has 0 saturated carbocycles. The van der Waals surface area contributed by atoms with Gasteiger partial charge < -0.3 is 19.3 Å². The highest BCUT2D eigenvalue weighted by Crippen LogP contribution is 2.31. The number of aromatic nitrogens is 2. The summed E-state index contributed by atoms with van der Waals surface area (Å²) in [5.74, 6) is 2.45. The van der Waals surface area contributed by atoms with Crippen LogP contribution in [0.1, 0.15) is 20.3 Å². The Morgan fingerprint density at radius 2 is 1.95 bits per heavy atom. The molecular weight excluding hydrogens is 270 g/mol. The van der Waals surface area contributed by atoms with Crippen LogP contribution in [0.5, 0.6) is 11.5 Å². The van der Waals surface area contributed by atoms with Gasteiger partial charge in [0.2, 0.25) is 5.82 Å². The van der Waals surface area contributed by atoms with Crippen molar-refractivity contribution in [2.45, 2.75) is 20.3 Å². The van der Waals surface area contributed by atoms with Crippen LogP contribution in [-0.2, 0) is 0 Å². The van der Waals surface area contributed by atoms with Gasteiger partial charge in [0, 0.05) is 12.1 Å². The molecule has 2 rings (SSSR count). The largest absolute Gasteiger partial charge is 0.493 e. The summed E-state index contributed by atoms with van der Waals surface area (Å²) in [6.45, 7) is 5.15. The number of nitrogens with zero attached hydrogens (tertiary/aromatic N) is 2. The van der Waals surface area contributed by atoms with Crippen molar-refractivity contribution in [1.82, 2.24) is 10.1 Å². The van der Waals surface area contributed by atoms with Crippen molar-refractivity contribution in [3.63, 3.8) is 0 Å². The maximum atomic E-state index is 5.27. The van der Waals surface area contributed by atoms with Crippen molar-refractivity contribution in [3.05, 3.63) is 18.2 Å². The number of hydrogen-bond acceptors (Lipinski definition) is 6. The van der Waals surface area contributed by atoms with E-state index in [0.717, 1.165) is 18.5 Å². The van der Waals surface area contributed by atoms with Crippen LogP contribution < -0.4 is 14.8 Å². The van der Waals surface area contributed by atoms with E-state index in [-0.39, 0.29) is 0 Å². The van der Waals surface area contributed by atoms with Gasteiger partial charge >= 0.3 is 6.01 Å². The third-order valence-corrected chi connectivity index (χ3v) is 3.07. The molecule has 0 unspecified atom stereocenters. The Labute approximate surface area is 124 Å². The summed E-state index contributed by atoms with van der Waals surface area (Å²) in [5, 5.41) is 7.09. The number of benzene rings is 1. The van der Waals surface area contributed by atoms with Crippen LogP contribution in [0.15, 0.2) is 22.7 Å². The molecule has 0 amide bonds. The highest BCUT2D eigenvalue weighted by molar-refractivity contribution is 5.61. The zero-order valence-electron chi connectivity index (χ0n) is 12.8. The summed E-state index contributed by atoms with van der Waals surface area (Å²) in [5.41, 5.74) is 0.813. The van der Waals surface area contributed by atoms with Crippen molar-refractivity contribution in [1.29, 1.82) is 0 Å². The van der Waals surface area contributed by atoms with Gasteiger partial charge in [-0.2, -0.15) is 4.98 Å². The Morgan fingerprint density at radius 3 is 2.62 bits per heavy atom. The van der Waals surface area contributed by atoms with Gasteiger partial charge in [-0.05, 0) is 30.5 Å². The molecular formula is C15H21N3O3. The Kier molecular flexibility index (Phi) is 5.03. The minimum atomic E-state index is 0.431. The molecule has 0 atom stereocenters. The summed E-state index contributed by atoms with van der Waals surface area (Å²) < 4.78 is 15.7. The first kappa shape index (κ1) is 15.2. The molecule has 0 fully saturated rings. The van der Waals surface area contributed by atoms with E-state index < -0.39 is 0 Å². The molecule has 0 aliphatic rings. The summed E-state index contributed by atoms with van der Waals surface area (Å²) in [6, 6.07) is 5.93. The topological polar surface area (TPSA) is 69.4 Å². The summed E-state index contributed by atoms with van der Waals surface area (Å²) >= 11 is 0. The molecule has 21 heavy (non-hydrogen) atoms. The van der Waals surface area contributed by atoms with Crippen LogP contribution in [0.4, 0.5) is 6.01 Å². The summed E-state index contributed by atoms with van der Waals surface area (Å²) in [6.07, 6.45) is 1.05. The fourth-order valence-electron chi connectivity index (χ4n) is 1.86. The Hall–Kier alpha value is -2.24. The quantitative estimate of drug-likeness (QED) is 0.844. The molecule has 0 aliphatic carbocycles. The third-order valence-electron chi connectivity index (χ3n) is 3.07. The highest BCUT2D eigenvalue weighted by Gasteiger charge is 2.11. The van der Waals surface area contributed by atoms with E-state index in [4.69, 9.17) is 14.0 Å². The molecule has 114 valence electrons. The molecule has 0 radical (unpaired) electrons. The normalized spacial score (nSPS) is 10.7. The smallest absolute Gasteiger partial charge is 0.321 e. The first-order valence-electron chi connectivity index (χ1n) is 6.94. The van der Waals surface area contributed by atoms with Crippen LogP contribution >= 0.6 is 0 Å². The standard InChI is InChI=1S/C15H21N3O3/c1-10(2)7-8-16-15-17-14(18-21-15)11-5-6-12(19-3)13(9-11)20-4/h5-6,9-10H,7-8H2,1-4H3,(H,16,17,18). The minimum Gasteiger partial charge on any atom is -0.493 e. The van der Waals surface area contributed by atoms with Crippen molar-refractivity contribution >= 4 is 6.01 Å². The van der Waals surface area contributed by atoms with Crippen molar-refractivity contribution in [2.75, 3.05) is 26.1 Å². The molecule has 2 aromatic rings. The molecule has 1 aromatic heterocycles. The minimum absolute atomic E-state index is 0.431. The predicted molar refractivity (Wildman–Crippen MR) is 80.8 cm³/mol. The average Bonchev–Trinajstić information content (AvgIpc) is 2.95. The van der Waals surface area contributed by atoms with Gasteiger partial charge in [0.1, 0.15) is 0 Å². The first-order valence-corrected chi connectivity index (χ1v) is 6.94. The molecule has 6 heteroatoms. The molecule has 1 heterocycles. The van der Waals surface area contributed by atoms with Crippen molar-refractivity contribution in [2.24, 2.45) is 5.92 Å². The van der Waals surface area contributed by atoms with E-state index in [0.29, 0.717) is 29.3 Å². The monoisotopic (exact) mass is 291 g/mol. The van der Waals surface area contributed by atoms with E-state index in [1.165, 1.54) is 0 Å². The molecule has 0 saturated heterocycles. The average molecular weight is 291 g/mol. The second-order valence-electron chi connectivity index (χ2n) is 5.10. The fraction of sp³-hybridized carbons (Fsp3) is 0.467. The number of anilines is 1. The van der Waals surface area contributed by atoms with Crippen LogP contribution in [-0.4, -0.2) is 30.9 Å². The van der Waals surface area contributed by atoms with E-state index in [1.54, 1.807) is 14.2 Å². The van der Waals surface area contributed by atoms with Gasteiger partial charge in [-0.1, -0.05) is 19.0 Å². The predicted octanol–water partition coefficient (Wildman–Crippen LogP) is 3.21. The number of methoxy groups -OCH3 is 2.